The molecule has 8 nitrogen and oxygen atoms in total. The third-order valence-electron chi connectivity index (χ3n) is 4.10. The van der Waals surface area contributed by atoms with E-state index in [1.807, 2.05) is 24.3 Å². The minimum atomic E-state index is -3.24. The predicted molar refractivity (Wildman–Crippen MR) is 132 cm³/mol. The zero-order valence-corrected chi connectivity index (χ0v) is 20.9. The van der Waals surface area contributed by atoms with Gasteiger partial charge >= 0.3 is 0 Å². The van der Waals surface area contributed by atoms with Crippen molar-refractivity contribution in [1.29, 1.82) is 0 Å². The number of ether oxygens (including phenoxy) is 2. The molecule has 1 fully saturated rings. The van der Waals surface area contributed by atoms with Crippen LogP contribution in [0, 0.1) is 0 Å². The molecule has 0 aromatic heterocycles. The van der Waals surface area contributed by atoms with Crippen LogP contribution in [0.5, 0.6) is 5.75 Å². The summed E-state index contributed by atoms with van der Waals surface area (Å²) in [5.41, 5.74) is 0.813. The van der Waals surface area contributed by atoms with Crippen LogP contribution in [0.3, 0.4) is 0 Å². The molecule has 0 spiro atoms. The summed E-state index contributed by atoms with van der Waals surface area (Å²) in [7, 11) is 0.0789. The zero-order chi connectivity index (χ0) is 20.2. The van der Waals surface area contributed by atoms with Crippen molar-refractivity contribution in [3.05, 3.63) is 24.3 Å². The Morgan fingerprint density at radius 2 is 2.03 bits per heavy atom. The predicted octanol–water partition coefficient (Wildman–Crippen LogP) is 2.09. The number of guanidine groups is 1. The highest BCUT2D eigenvalue weighted by molar-refractivity contribution is 14.0. The summed E-state index contributed by atoms with van der Waals surface area (Å²) in [6, 6.07) is 7.55. The fourth-order valence-electron chi connectivity index (χ4n) is 2.63. The summed E-state index contributed by atoms with van der Waals surface area (Å²) in [4.78, 5) is 4.16. The number of nitrogens with zero attached hydrogens (tertiary/aromatic N) is 2. The largest absolute Gasteiger partial charge is 0.493 e. The summed E-state index contributed by atoms with van der Waals surface area (Å²) in [5.74, 6) is 3.03. The molecule has 0 saturated carbocycles. The normalized spacial score (nSPS) is 15.4. The van der Waals surface area contributed by atoms with Gasteiger partial charge in [-0.15, -0.1) is 24.0 Å². The monoisotopic (exact) mass is 558 g/mol. The van der Waals surface area contributed by atoms with Gasteiger partial charge < -0.3 is 20.1 Å². The quantitative estimate of drug-likeness (QED) is 0.197. The second-order valence-electron chi connectivity index (χ2n) is 6.17. The van der Waals surface area contributed by atoms with E-state index in [2.05, 4.69) is 15.6 Å². The van der Waals surface area contributed by atoms with Crippen LogP contribution in [0.4, 0.5) is 5.69 Å². The van der Waals surface area contributed by atoms with Gasteiger partial charge in [-0.3, -0.25) is 4.99 Å². The summed E-state index contributed by atoms with van der Waals surface area (Å²) in [5, 5.41) is 6.22. The molecule has 2 rings (SSSR count). The van der Waals surface area contributed by atoms with Crippen molar-refractivity contribution >= 4 is 57.4 Å². The second-order valence-corrected chi connectivity index (χ2v) is 9.49. The molecule has 2 N–H and O–H groups in total. The summed E-state index contributed by atoms with van der Waals surface area (Å²) in [6.45, 7) is 2.72. The minimum Gasteiger partial charge on any atom is -0.493 e. The van der Waals surface area contributed by atoms with Crippen molar-refractivity contribution < 1.29 is 17.9 Å². The van der Waals surface area contributed by atoms with Crippen LogP contribution in [-0.2, 0) is 14.8 Å². The van der Waals surface area contributed by atoms with Crippen molar-refractivity contribution in [2.75, 3.05) is 69.6 Å². The number of aliphatic imine (C=N–C) groups is 1. The van der Waals surface area contributed by atoms with E-state index in [1.54, 1.807) is 30.2 Å². The topological polar surface area (TPSA) is 92.3 Å². The number of benzene rings is 1. The average Bonchev–Trinajstić information content (AvgIpc) is 2.71. The van der Waals surface area contributed by atoms with E-state index >= 15 is 0 Å². The van der Waals surface area contributed by atoms with Crippen LogP contribution in [0.15, 0.2) is 29.3 Å². The summed E-state index contributed by atoms with van der Waals surface area (Å²) >= 11 is 1.79. The Labute approximate surface area is 195 Å². The van der Waals surface area contributed by atoms with Crippen LogP contribution < -0.4 is 15.4 Å². The Hall–Kier alpha value is -0.760. The van der Waals surface area contributed by atoms with Crippen LogP contribution in [0.2, 0.25) is 0 Å². The Balaban J connectivity index is 0.00000420. The van der Waals surface area contributed by atoms with Crippen LogP contribution >= 0.6 is 35.7 Å². The highest BCUT2D eigenvalue weighted by Gasteiger charge is 2.23. The molecule has 0 aliphatic carbocycles. The minimum absolute atomic E-state index is 0. The molecule has 0 radical (unpaired) electrons. The lowest BCUT2D eigenvalue weighted by atomic mass is 10.3. The first kappa shape index (κ1) is 26.3. The van der Waals surface area contributed by atoms with Gasteiger partial charge in [0.2, 0.25) is 10.0 Å². The molecule has 29 heavy (non-hydrogen) atoms. The lowest BCUT2D eigenvalue weighted by molar-refractivity contribution is 0.172. The van der Waals surface area contributed by atoms with Crippen LogP contribution in [0.1, 0.15) is 6.42 Å². The number of halogens is 1. The standard InChI is InChI=1S/C18H30N4O4S2.HI/c1-19-18(20-7-14-28(23,24)22-8-12-27-13-9-22)21-16-5-3-6-17(15-16)26-11-4-10-25-2;/h3,5-6,15H,4,7-14H2,1-2H3,(H2,19,20,21);1H. The van der Waals surface area contributed by atoms with E-state index in [9.17, 15) is 8.42 Å². The van der Waals surface area contributed by atoms with Crippen molar-refractivity contribution in [2.24, 2.45) is 4.99 Å². The van der Waals surface area contributed by atoms with Gasteiger partial charge in [0.25, 0.3) is 0 Å². The number of hydrogen-bond donors (Lipinski definition) is 2. The van der Waals surface area contributed by atoms with Crippen molar-refractivity contribution in [2.45, 2.75) is 6.42 Å². The summed E-state index contributed by atoms with van der Waals surface area (Å²) in [6.07, 6.45) is 0.821. The maximum absolute atomic E-state index is 12.4. The lowest BCUT2D eigenvalue weighted by Gasteiger charge is -2.25. The van der Waals surface area contributed by atoms with Crippen molar-refractivity contribution in [3.63, 3.8) is 0 Å². The Morgan fingerprint density at radius 1 is 1.28 bits per heavy atom. The van der Waals surface area contributed by atoms with Gasteiger partial charge in [-0.2, -0.15) is 11.8 Å². The molecule has 11 heteroatoms. The molecule has 166 valence electrons. The maximum atomic E-state index is 12.4. The molecule has 1 aromatic rings. The zero-order valence-electron chi connectivity index (χ0n) is 16.9. The number of rotatable bonds is 10. The number of anilines is 1. The molecule has 0 amide bonds. The fourth-order valence-corrected chi connectivity index (χ4v) is 5.12. The van der Waals surface area contributed by atoms with Crippen LogP contribution in [-0.4, -0.2) is 82.9 Å². The van der Waals surface area contributed by atoms with E-state index in [-0.39, 0.29) is 29.7 Å². The molecule has 1 aromatic carbocycles. The van der Waals surface area contributed by atoms with E-state index in [0.29, 0.717) is 38.8 Å². The van der Waals surface area contributed by atoms with E-state index in [1.165, 1.54) is 0 Å². The first-order valence-electron chi connectivity index (χ1n) is 9.30. The number of hydrogen-bond acceptors (Lipinski definition) is 6. The number of sulfonamides is 1. The van der Waals surface area contributed by atoms with E-state index in [0.717, 1.165) is 29.4 Å². The molecule has 1 aliphatic heterocycles. The van der Waals surface area contributed by atoms with Gasteiger partial charge in [0.05, 0.1) is 12.4 Å². The SMILES string of the molecule is CN=C(NCCS(=O)(=O)N1CCSCC1)Nc1cccc(OCCCOC)c1.I. The highest BCUT2D eigenvalue weighted by atomic mass is 127. The maximum Gasteiger partial charge on any atom is 0.215 e. The van der Waals surface area contributed by atoms with Gasteiger partial charge in [0.1, 0.15) is 5.75 Å². The van der Waals surface area contributed by atoms with Crippen LogP contribution in [0.25, 0.3) is 0 Å². The molecule has 0 unspecified atom stereocenters. The average molecular weight is 559 g/mol. The van der Waals surface area contributed by atoms with Gasteiger partial charge in [-0.25, -0.2) is 12.7 Å². The molecule has 1 heterocycles. The lowest BCUT2D eigenvalue weighted by Crippen LogP contribution is -2.42. The number of thioether (sulfide) groups is 1. The second kappa shape index (κ2) is 14.3. The van der Waals surface area contributed by atoms with E-state index in [4.69, 9.17) is 9.47 Å². The van der Waals surface area contributed by atoms with Gasteiger partial charge in [-0.05, 0) is 12.1 Å². The Morgan fingerprint density at radius 3 is 2.72 bits per heavy atom. The third kappa shape index (κ3) is 9.73. The number of nitrogens with one attached hydrogen (secondary N) is 2. The van der Waals surface area contributed by atoms with Gasteiger partial charge in [0, 0.05) is 70.1 Å². The fraction of sp³-hybridized carbons (Fsp3) is 0.611. The van der Waals surface area contributed by atoms with Gasteiger partial charge in [0.15, 0.2) is 5.96 Å². The first-order valence-corrected chi connectivity index (χ1v) is 12.1. The smallest absolute Gasteiger partial charge is 0.215 e. The Kier molecular flexibility index (Phi) is 12.9. The van der Waals surface area contributed by atoms with Gasteiger partial charge in [-0.1, -0.05) is 6.07 Å². The molecule has 0 atom stereocenters. The molecular formula is C18H31IN4O4S2. The highest BCUT2D eigenvalue weighted by Crippen LogP contribution is 2.17. The number of methoxy groups -OCH3 is 1. The third-order valence-corrected chi connectivity index (χ3v) is 6.91. The molecule has 1 saturated heterocycles. The Bertz CT molecular complexity index is 728. The molecule has 1 aliphatic rings. The van der Waals surface area contributed by atoms with E-state index < -0.39 is 10.0 Å². The molecular weight excluding hydrogens is 527 g/mol. The first-order chi connectivity index (χ1) is 13.5. The van der Waals surface area contributed by atoms with Crippen molar-refractivity contribution in [3.8, 4) is 5.75 Å². The molecule has 0 bridgehead atoms. The summed E-state index contributed by atoms with van der Waals surface area (Å²) < 4.78 is 37.1. The van der Waals surface area contributed by atoms with Crippen molar-refractivity contribution in [1.82, 2.24) is 9.62 Å².